The Hall–Kier alpha value is -0.570. The van der Waals surface area contributed by atoms with Gasteiger partial charge in [-0.3, -0.25) is 0 Å². The third kappa shape index (κ3) is 3.25. The lowest BCUT2D eigenvalue weighted by atomic mass is 9.78. The van der Waals surface area contributed by atoms with Crippen molar-refractivity contribution in [3.8, 4) is 0 Å². The molecule has 1 heterocycles. The molecule has 1 aliphatic rings. The van der Waals surface area contributed by atoms with Gasteiger partial charge >= 0.3 is 0 Å². The zero-order valence-corrected chi connectivity index (χ0v) is 13.2. The predicted molar refractivity (Wildman–Crippen MR) is 80.9 cm³/mol. The highest BCUT2D eigenvalue weighted by molar-refractivity contribution is 9.10. The maximum atomic E-state index is 4.41. The molecule has 0 spiro atoms. The second kappa shape index (κ2) is 5.60. The summed E-state index contributed by atoms with van der Waals surface area (Å²) in [5.41, 5.74) is 1.59. The molecule has 0 aliphatic heterocycles. The summed E-state index contributed by atoms with van der Waals surface area (Å²) >= 11 is 3.48. The normalized spacial score (nSPS) is 17.1. The number of rotatable bonds is 4. The van der Waals surface area contributed by atoms with Crippen LogP contribution in [0.1, 0.15) is 45.1 Å². The highest BCUT2D eigenvalue weighted by Crippen LogP contribution is 2.39. The summed E-state index contributed by atoms with van der Waals surface area (Å²) in [5, 5.41) is 3.50. The molecule has 0 bridgehead atoms. The van der Waals surface area contributed by atoms with Gasteiger partial charge in [0.2, 0.25) is 0 Å². The molecule has 18 heavy (non-hydrogen) atoms. The Kier molecular flexibility index (Phi) is 4.31. The Labute approximate surface area is 119 Å². The molecule has 100 valence electrons. The molecule has 0 radical (unpaired) electrons. The SMILES string of the molecule is Cc1cc(NCC(C)(C)C2CCCC2)ncc1Br. The van der Waals surface area contributed by atoms with Gasteiger partial charge in [-0.05, 0) is 58.7 Å². The fourth-order valence-electron chi connectivity index (χ4n) is 2.81. The van der Waals surface area contributed by atoms with Crippen molar-refractivity contribution in [3.63, 3.8) is 0 Å². The van der Waals surface area contributed by atoms with E-state index in [4.69, 9.17) is 0 Å². The Bertz CT molecular complexity index is 409. The first-order valence-electron chi connectivity index (χ1n) is 6.85. The second-order valence-corrected chi connectivity index (χ2v) is 7.00. The van der Waals surface area contributed by atoms with Crippen molar-refractivity contribution in [1.29, 1.82) is 0 Å². The maximum Gasteiger partial charge on any atom is 0.126 e. The maximum absolute atomic E-state index is 4.41. The van der Waals surface area contributed by atoms with Gasteiger partial charge in [-0.2, -0.15) is 0 Å². The smallest absolute Gasteiger partial charge is 0.126 e. The van der Waals surface area contributed by atoms with E-state index < -0.39 is 0 Å². The van der Waals surface area contributed by atoms with E-state index in [0.29, 0.717) is 5.41 Å². The van der Waals surface area contributed by atoms with Crippen LogP contribution in [-0.4, -0.2) is 11.5 Å². The molecule has 0 unspecified atom stereocenters. The molecular weight excluding hydrogens is 288 g/mol. The lowest BCUT2D eigenvalue weighted by Gasteiger charge is -2.32. The highest BCUT2D eigenvalue weighted by atomic mass is 79.9. The molecule has 1 aromatic heterocycles. The molecule has 1 aliphatic carbocycles. The molecule has 1 aromatic rings. The first kappa shape index (κ1) is 13.9. The minimum absolute atomic E-state index is 0.360. The van der Waals surface area contributed by atoms with Gasteiger partial charge in [0.1, 0.15) is 5.82 Å². The van der Waals surface area contributed by atoms with E-state index >= 15 is 0 Å². The molecular formula is C15H23BrN2. The van der Waals surface area contributed by atoms with Crippen LogP contribution in [0.5, 0.6) is 0 Å². The van der Waals surface area contributed by atoms with E-state index in [-0.39, 0.29) is 0 Å². The van der Waals surface area contributed by atoms with Crippen LogP contribution in [-0.2, 0) is 0 Å². The second-order valence-electron chi connectivity index (χ2n) is 6.14. The lowest BCUT2D eigenvalue weighted by Crippen LogP contribution is -2.30. The summed E-state index contributed by atoms with van der Waals surface area (Å²) in [5.74, 6) is 1.85. The summed E-state index contributed by atoms with van der Waals surface area (Å²) in [6.45, 7) is 7.86. The van der Waals surface area contributed by atoms with Crippen molar-refractivity contribution in [2.24, 2.45) is 11.3 Å². The summed E-state index contributed by atoms with van der Waals surface area (Å²) in [6.07, 6.45) is 7.47. The topological polar surface area (TPSA) is 24.9 Å². The van der Waals surface area contributed by atoms with Gasteiger partial charge in [-0.15, -0.1) is 0 Å². The molecule has 1 fully saturated rings. The molecule has 1 N–H and O–H groups in total. The molecule has 0 amide bonds. The molecule has 2 rings (SSSR count). The predicted octanol–water partition coefficient (Wildman–Crippen LogP) is 4.78. The van der Waals surface area contributed by atoms with E-state index in [2.05, 4.69) is 53.1 Å². The largest absolute Gasteiger partial charge is 0.370 e. The van der Waals surface area contributed by atoms with Crippen molar-refractivity contribution in [3.05, 3.63) is 22.3 Å². The lowest BCUT2D eigenvalue weighted by molar-refractivity contribution is 0.234. The number of halogens is 1. The van der Waals surface area contributed by atoms with E-state index in [1.165, 1.54) is 31.2 Å². The third-order valence-corrected chi connectivity index (χ3v) is 5.06. The van der Waals surface area contributed by atoms with Gasteiger partial charge in [-0.1, -0.05) is 26.7 Å². The van der Waals surface area contributed by atoms with Gasteiger partial charge in [0, 0.05) is 17.2 Å². The van der Waals surface area contributed by atoms with E-state index in [1.54, 1.807) is 0 Å². The van der Waals surface area contributed by atoms with Crippen LogP contribution in [0.4, 0.5) is 5.82 Å². The van der Waals surface area contributed by atoms with Crippen LogP contribution in [0.25, 0.3) is 0 Å². The van der Waals surface area contributed by atoms with Crippen LogP contribution < -0.4 is 5.32 Å². The number of anilines is 1. The Balaban J connectivity index is 1.95. The Morgan fingerprint density at radius 1 is 1.39 bits per heavy atom. The van der Waals surface area contributed by atoms with Crippen LogP contribution in [0, 0.1) is 18.3 Å². The van der Waals surface area contributed by atoms with E-state index in [1.807, 2.05) is 6.20 Å². The Morgan fingerprint density at radius 2 is 2.06 bits per heavy atom. The first-order valence-corrected chi connectivity index (χ1v) is 7.64. The number of aryl methyl sites for hydroxylation is 1. The molecule has 0 aromatic carbocycles. The van der Waals surface area contributed by atoms with Crippen LogP contribution >= 0.6 is 15.9 Å². The van der Waals surface area contributed by atoms with Crippen LogP contribution in [0.3, 0.4) is 0 Å². The number of hydrogen-bond donors (Lipinski definition) is 1. The molecule has 3 heteroatoms. The summed E-state index contributed by atoms with van der Waals surface area (Å²) in [7, 11) is 0. The third-order valence-electron chi connectivity index (χ3n) is 4.23. The number of nitrogens with zero attached hydrogens (tertiary/aromatic N) is 1. The first-order chi connectivity index (χ1) is 8.49. The number of nitrogens with one attached hydrogen (secondary N) is 1. The van der Waals surface area contributed by atoms with Crippen LogP contribution in [0.15, 0.2) is 16.7 Å². The van der Waals surface area contributed by atoms with Crippen molar-refractivity contribution >= 4 is 21.7 Å². The fraction of sp³-hybridized carbons (Fsp3) is 0.667. The van der Waals surface area contributed by atoms with Crippen molar-refractivity contribution in [1.82, 2.24) is 4.98 Å². The van der Waals surface area contributed by atoms with Crippen molar-refractivity contribution in [2.75, 3.05) is 11.9 Å². The standard InChI is InChI=1S/C15H23BrN2/c1-11-8-14(17-9-13(11)16)18-10-15(2,3)12-6-4-5-7-12/h8-9,12H,4-7,10H2,1-3H3,(H,17,18). The molecule has 0 atom stereocenters. The minimum atomic E-state index is 0.360. The van der Waals surface area contributed by atoms with Gasteiger partial charge in [0.25, 0.3) is 0 Å². The van der Waals surface area contributed by atoms with E-state index in [9.17, 15) is 0 Å². The average molecular weight is 311 g/mol. The number of hydrogen-bond acceptors (Lipinski definition) is 2. The van der Waals surface area contributed by atoms with Gasteiger partial charge < -0.3 is 5.32 Å². The van der Waals surface area contributed by atoms with Gasteiger partial charge in [-0.25, -0.2) is 4.98 Å². The summed E-state index contributed by atoms with van der Waals surface area (Å²) in [6, 6.07) is 2.11. The van der Waals surface area contributed by atoms with Crippen molar-refractivity contribution < 1.29 is 0 Å². The highest BCUT2D eigenvalue weighted by Gasteiger charge is 2.31. The molecule has 2 nitrogen and oxygen atoms in total. The average Bonchev–Trinajstić information content (AvgIpc) is 2.85. The van der Waals surface area contributed by atoms with Crippen LogP contribution in [0.2, 0.25) is 0 Å². The van der Waals surface area contributed by atoms with Gasteiger partial charge in [0.05, 0.1) is 0 Å². The number of pyridine rings is 1. The van der Waals surface area contributed by atoms with E-state index in [0.717, 1.165) is 22.8 Å². The summed E-state index contributed by atoms with van der Waals surface area (Å²) < 4.78 is 1.07. The fourth-order valence-corrected chi connectivity index (χ4v) is 3.02. The molecule has 1 saturated carbocycles. The van der Waals surface area contributed by atoms with Gasteiger partial charge in [0.15, 0.2) is 0 Å². The Morgan fingerprint density at radius 3 is 2.67 bits per heavy atom. The zero-order chi connectivity index (χ0) is 13.2. The quantitative estimate of drug-likeness (QED) is 0.865. The minimum Gasteiger partial charge on any atom is -0.370 e. The zero-order valence-electron chi connectivity index (χ0n) is 11.6. The monoisotopic (exact) mass is 310 g/mol. The number of aromatic nitrogens is 1. The van der Waals surface area contributed by atoms with Crippen molar-refractivity contribution in [2.45, 2.75) is 46.5 Å². The summed E-state index contributed by atoms with van der Waals surface area (Å²) in [4.78, 5) is 4.41. The molecule has 0 saturated heterocycles.